The number of unbranched alkanes of at least 4 members (excludes halogenated alkanes) is 2. The third kappa shape index (κ3) is 19.1. The fourth-order valence-corrected chi connectivity index (χ4v) is 7.66. The van der Waals surface area contributed by atoms with Crippen LogP contribution in [0.25, 0.3) is 11.3 Å². The van der Waals surface area contributed by atoms with Crippen LogP contribution in [0.2, 0.25) is 0 Å². The first-order valence-electron chi connectivity index (χ1n) is 24.3. The standard InChI is InChI=1S/C50H66BrN13O10/c1-31(2)43(63-41(65)9-5-4-6-19-55-42(66)26-51)47(68)61-37(8-7-20-56-49(53)70)46(67)59-35-14-10-33(11-15-35)30-73-50(71)58-27-32(3)74-36-16-12-34(13-17-36)38-29-57-45(52)44(60-38)48(69)62-39-28-54-21-18-40(39)64-22-24-72-25-23-64/h10-18,21,28-29,31-32,37,43H,4-9,19-20,22-27,30H2,1-3H3,(H2,52,57)(H,55,66)(H,58,71)(H,59,67)(H,61,68)(H,62,69)(H,63,65)(H3,53,56,70). The van der Waals surface area contributed by atoms with Crippen molar-refractivity contribution in [3.05, 3.63) is 84.4 Å². The summed E-state index contributed by atoms with van der Waals surface area (Å²) in [5.74, 6) is -1.84. The molecule has 3 unspecified atom stereocenters. The van der Waals surface area contributed by atoms with E-state index in [9.17, 15) is 33.6 Å². The quantitative estimate of drug-likeness (QED) is 0.0301. The number of hydrogen-bond acceptors (Lipinski definition) is 15. The molecule has 24 heteroatoms. The third-order valence-electron chi connectivity index (χ3n) is 11.4. The number of nitrogens with one attached hydrogen (secondary N) is 7. The van der Waals surface area contributed by atoms with Crippen LogP contribution in [0, 0.1) is 5.92 Å². The summed E-state index contributed by atoms with van der Waals surface area (Å²) in [6.07, 6.45) is 6.21. The number of morpholine rings is 1. The summed E-state index contributed by atoms with van der Waals surface area (Å²) in [6, 6.07) is 12.7. The van der Waals surface area contributed by atoms with Crippen LogP contribution in [0.4, 0.5) is 32.5 Å². The largest absolute Gasteiger partial charge is 0.489 e. The number of anilines is 4. The van der Waals surface area contributed by atoms with Crippen LogP contribution in [-0.2, 0) is 35.3 Å². The van der Waals surface area contributed by atoms with Crippen molar-refractivity contribution in [3.8, 4) is 17.0 Å². The van der Waals surface area contributed by atoms with Gasteiger partial charge in [0, 0.05) is 50.0 Å². The lowest BCUT2D eigenvalue weighted by Crippen LogP contribution is -2.54. The van der Waals surface area contributed by atoms with Crippen LogP contribution in [0.15, 0.2) is 73.2 Å². The monoisotopic (exact) mass is 1090 g/mol. The summed E-state index contributed by atoms with van der Waals surface area (Å²) in [5.41, 5.74) is 14.7. The van der Waals surface area contributed by atoms with Crippen molar-refractivity contribution in [2.45, 2.75) is 84.1 Å². The van der Waals surface area contributed by atoms with Crippen molar-refractivity contribution in [3.63, 3.8) is 0 Å². The summed E-state index contributed by atoms with van der Waals surface area (Å²) < 4.78 is 16.9. The number of halogens is 1. The Balaban J connectivity index is 1.06. The van der Waals surface area contributed by atoms with Gasteiger partial charge in [-0.05, 0) is 86.6 Å². The molecule has 3 atom stereocenters. The minimum atomic E-state index is -1.03. The van der Waals surface area contributed by atoms with Gasteiger partial charge in [-0.3, -0.25) is 29.0 Å². The summed E-state index contributed by atoms with van der Waals surface area (Å²) in [5, 5.41) is 19.4. The number of nitrogen functional groups attached to an aromatic ring is 1. The molecule has 0 bridgehead atoms. The molecule has 5 rings (SSSR count). The Bertz CT molecular complexity index is 2510. The molecule has 0 saturated carbocycles. The van der Waals surface area contributed by atoms with E-state index in [0.717, 1.165) is 5.69 Å². The molecular formula is C50H66BrN13O10. The molecule has 4 aromatic rings. The van der Waals surface area contributed by atoms with Crippen LogP contribution in [0.3, 0.4) is 0 Å². The maximum Gasteiger partial charge on any atom is 0.407 e. The second-order valence-electron chi connectivity index (χ2n) is 17.6. The number of alkyl carbamates (subject to hydrolysis) is 1. The van der Waals surface area contributed by atoms with E-state index in [1.807, 2.05) is 6.07 Å². The van der Waals surface area contributed by atoms with Gasteiger partial charge in [-0.15, -0.1) is 0 Å². The summed E-state index contributed by atoms with van der Waals surface area (Å²) in [6.45, 7) is 8.56. The number of ether oxygens (including phenoxy) is 3. The van der Waals surface area contributed by atoms with Gasteiger partial charge in [0.05, 0.1) is 54.6 Å². The maximum absolute atomic E-state index is 13.6. The molecule has 1 saturated heterocycles. The molecule has 1 aliphatic heterocycles. The number of nitrogens with zero attached hydrogens (tertiary/aromatic N) is 4. The number of benzene rings is 2. The van der Waals surface area contributed by atoms with Crippen LogP contribution in [0.5, 0.6) is 5.75 Å². The van der Waals surface area contributed by atoms with Gasteiger partial charge in [-0.1, -0.05) is 48.3 Å². The number of pyridine rings is 1. The summed E-state index contributed by atoms with van der Waals surface area (Å²) in [7, 11) is 0. The van der Waals surface area contributed by atoms with Crippen molar-refractivity contribution in [1.82, 2.24) is 41.5 Å². The Labute approximate surface area is 437 Å². The number of nitrogens with two attached hydrogens (primary N) is 2. The first-order valence-corrected chi connectivity index (χ1v) is 25.5. The first-order chi connectivity index (χ1) is 35.6. The highest BCUT2D eigenvalue weighted by atomic mass is 79.9. The van der Waals surface area contributed by atoms with Gasteiger partial charge in [0.1, 0.15) is 30.5 Å². The molecule has 2 aromatic heterocycles. The number of carbonyl (C=O) groups excluding carboxylic acids is 7. The van der Waals surface area contributed by atoms with Crippen molar-refractivity contribution in [2.24, 2.45) is 11.7 Å². The van der Waals surface area contributed by atoms with Crippen molar-refractivity contribution in [2.75, 3.05) is 72.5 Å². The van der Waals surface area contributed by atoms with Crippen molar-refractivity contribution < 1.29 is 47.8 Å². The average Bonchev–Trinajstić information content (AvgIpc) is 3.39. The van der Waals surface area contributed by atoms with Gasteiger partial charge >= 0.3 is 12.1 Å². The first kappa shape index (κ1) is 57.3. The zero-order valence-electron chi connectivity index (χ0n) is 41.7. The van der Waals surface area contributed by atoms with Gasteiger partial charge in [-0.2, -0.15) is 0 Å². The van der Waals surface area contributed by atoms with Gasteiger partial charge in [0.25, 0.3) is 5.91 Å². The molecule has 23 nitrogen and oxygen atoms in total. The van der Waals surface area contributed by atoms with Crippen LogP contribution in [0.1, 0.15) is 75.3 Å². The molecule has 3 heterocycles. The second-order valence-corrected chi connectivity index (χ2v) is 18.2. The lowest BCUT2D eigenvalue weighted by molar-refractivity contribution is -0.132. The highest BCUT2D eigenvalue weighted by Crippen LogP contribution is 2.27. The van der Waals surface area contributed by atoms with E-state index < -0.39 is 48.0 Å². The molecule has 0 aliphatic carbocycles. The highest BCUT2D eigenvalue weighted by molar-refractivity contribution is 9.09. The Morgan fingerprint density at radius 3 is 2.24 bits per heavy atom. The predicted molar refractivity (Wildman–Crippen MR) is 281 cm³/mol. The van der Waals surface area contributed by atoms with Gasteiger partial charge in [0.15, 0.2) is 11.5 Å². The Kier molecular flexibility index (Phi) is 23.1. The normalized spacial score (nSPS) is 13.3. The molecule has 74 heavy (non-hydrogen) atoms. The fourth-order valence-electron chi connectivity index (χ4n) is 7.46. The molecule has 0 radical (unpaired) electrons. The molecule has 2 aromatic carbocycles. The minimum Gasteiger partial charge on any atom is -0.489 e. The average molecular weight is 1090 g/mol. The van der Waals surface area contributed by atoms with E-state index >= 15 is 0 Å². The topological polar surface area (TPSA) is 325 Å². The van der Waals surface area contributed by atoms with E-state index in [-0.39, 0.29) is 67.1 Å². The van der Waals surface area contributed by atoms with Crippen LogP contribution >= 0.6 is 15.9 Å². The molecule has 11 N–H and O–H groups in total. The Morgan fingerprint density at radius 1 is 0.811 bits per heavy atom. The summed E-state index contributed by atoms with van der Waals surface area (Å²) in [4.78, 5) is 104. The summed E-state index contributed by atoms with van der Waals surface area (Å²) >= 11 is 3.09. The van der Waals surface area contributed by atoms with E-state index in [2.05, 4.69) is 73.0 Å². The number of rotatable bonds is 27. The van der Waals surface area contributed by atoms with Crippen molar-refractivity contribution >= 4 is 80.5 Å². The number of primary amides is 1. The van der Waals surface area contributed by atoms with Crippen molar-refractivity contribution in [1.29, 1.82) is 0 Å². The SMILES string of the molecule is CC(CNC(=O)OCc1ccc(NC(=O)C(CCCNC(N)=O)NC(=O)C(NC(=O)CCCCCNC(=O)CBr)C(C)C)cc1)Oc1ccc(-c2cnc(N)c(C(=O)Nc3cnccc3N3CCOCC3)n2)cc1. The maximum atomic E-state index is 13.6. The molecule has 1 fully saturated rings. The zero-order valence-corrected chi connectivity index (χ0v) is 43.3. The molecule has 1 aliphatic rings. The number of carbonyl (C=O) groups is 7. The van der Waals surface area contributed by atoms with E-state index in [4.69, 9.17) is 25.7 Å². The number of amides is 8. The number of urea groups is 1. The van der Waals surface area contributed by atoms with Crippen LogP contribution in [-0.4, -0.2) is 126 Å². The number of hydrogen-bond donors (Lipinski definition) is 9. The molecule has 8 amide bonds. The fraction of sp³-hybridized carbons (Fsp3) is 0.440. The predicted octanol–water partition coefficient (Wildman–Crippen LogP) is 3.99. The zero-order chi connectivity index (χ0) is 53.4. The molecular weight excluding hydrogens is 1020 g/mol. The van der Waals surface area contributed by atoms with E-state index in [1.54, 1.807) is 81.7 Å². The van der Waals surface area contributed by atoms with Gasteiger partial charge in [0.2, 0.25) is 23.6 Å². The Hall–Kier alpha value is -7.60. The van der Waals surface area contributed by atoms with Crippen LogP contribution < -0.4 is 58.3 Å². The minimum absolute atomic E-state index is 0.0291. The van der Waals surface area contributed by atoms with E-state index in [1.165, 1.54) is 6.20 Å². The smallest absolute Gasteiger partial charge is 0.407 e. The van der Waals surface area contributed by atoms with E-state index in [0.29, 0.717) is 92.5 Å². The molecule has 0 spiro atoms. The van der Waals surface area contributed by atoms with Gasteiger partial charge < -0.3 is 67.8 Å². The second kappa shape index (κ2) is 29.8. The lowest BCUT2D eigenvalue weighted by atomic mass is 10.0. The number of alkyl halides is 1. The van der Waals surface area contributed by atoms with Gasteiger partial charge in [-0.25, -0.2) is 19.6 Å². The lowest BCUT2D eigenvalue weighted by Gasteiger charge is -2.30. The molecule has 398 valence electrons. The number of aromatic nitrogens is 3. The third-order valence-corrected chi connectivity index (χ3v) is 11.9. The Morgan fingerprint density at radius 2 is 1.54 bits per heavy atom. The highest BCUT2D eigenvalue weighted by Gasteiger charge is 2.29.